The Hall–Kier alpha value is -2.34. The molecule has 3 nitrogen and oxygen atoms in total. The number of aliphatic imine (C=N–C) groups is 1. The highest BCUT2D eigenvalue weighted by Gasteiger charge is 2.29. The number of rotatable bonds is 3. The summed E-state index contributed by atoms with van der Waals surface area (Å²) in [5.74, 6) is 5.88. The van der Waals surface area contributed by atoms with Crippen molar-refractivity contribution in [2.45, 2.75) is 12.6 Å². The van der Waals surface area contributed by atoms with Crippen LogP contribution >= 0.6 is 0 Å². The average molecular weight is 293 g/mol. The molecule has 2 aromatic carbocycles. The Morgan fingerprint density at radius 1 is 1.00 bits per heavy atom. The van der Waals surface area contributed by atoms with Gasteiger partial charge in [0, 0.05) is 6.42 Å². The van der Waals surface area contributed by atoms with Gasteiger partial charge >= 0.3 is 6.18 Å². The molecule has 3 N–H and O–H groups in total. The molecule has 0 bridgehead atoms. The summed E-state index contributed by atoms with van der Waals surface area (Å²) in [4.78, 5) is 4.30. The van der Waals surface area contributed by atoms with Crippen molar-refractivity contribution in [2.24, 2.45) is 10.8 Å². The molecule has 0 saturated carbocycles. The van der Waals surface area contributed by atoms with Crippen LogP contribution in [0.4, 0.5) is 18.9 Å². The fraction of sp³-hybridized carbons (Fsp3) is 0.133. The van der Waals surface area contributed by atoms with Crippen molar-refractivity contribution in [3.8, 4) is 0 Å². The van der Waals surface area contributed by atoms with Crippen LogP contribution in [-0.4, -0.2) is 5.84 Å². The van der Waals surface area contributed by atoms with Crippen molar-refractivity contribution in [1.82, 2.24) is 5.43 Å². The lowest BCUT2D eigenvalue weighted by Crippen LogP contribution is -2.31. The van der Waals surface area contributed by atoms with Gasteiger partial charge in [-0.15, -0.1) is 0 Å². The summed E-state index contributed by atoms with van der Waals surface area (Å²) in [5.41, 5.74) is 3.21. The molecular weight excluding hydrogens is 279 g/mol. The van der Waals surface area contributed by atoms with Gasteiger partial charge in [0.2, 0.25) is 0 Å². The summed E-state index contributed by atoms with van der Waals surface area (Å²) in [6.45, 7) is 0. The van der Waals surface area contributed by atoms with Crippen molar-refractivity contribution in [2.75, 3.05) is 0 Å². The monoisotopic (exact) mass is 293 g/mol. The number of hydrazine groups is 1. The number of hydrogen-bond donors (Lipinski definition) is 2. The topological polar surface area (TPSA) is 50.4 Å². The quantitative estimate of drug-likeness (QED) is 0.394. The van der Waals surface area contributed by atoms with Crippen molar-refractivity contribution in [1.29, 1.82) is 0 Å². The van der Waals surface area contributed by atoms with E-state index in [4.69, 9.17) is 5.84 Å². The maximum Gasteiger partial charge on any atom is 0.416 e. The number of nitrogens with one attached hydrogen (secondary N) is 1. The second-order valence-corrected chi connectivity index (χ2v) is 4.41. The number of nitrogens with zero attached hydrogens (tertiary/aromatic N) is 1. The first-order valence-corrected chi connectivity index (χ1v) is 6.24. The van der Waals surface area contributed by atoms with Crippen molar-refractivity contribution in [3.05, 3.63) is 65.7 Å². The molecule has 0 atom stereocenters. The standard InChI is InChI=1S/C15H14F3N3/c16-15(17,18)12-8-6-11(7-9-12)10-14(21-19)20-13-4-2-1-3-5-13/h1-9H,10,19H2,(H,20,21). The van der Waals surface area contributed by atoms with Crippen LogP contribution in [0.2, 0.25) is 0 Å². The van der Waals surface area contributed by atoms with E-state index in [0.29, 0.717) is 17.8 Å². The fourth-order valence-corrected chi connectivity index (χ4v) is 1.79. The molecular formula is C15H14F3N3. The number of nitrogens with two attached hydrogens (primary N) is 1. The van der Waals surface area contributed by atoms with Crippen LogP contribution in [0, 0.1) is 0 Å². The summed E-state index contributed by atoms with van der Waals surface area (Å²) < 4.78 is 37.4. The van der Waals surface area contributed by atoms with Gasteiger partial charge in [-0.25, -0.2) is 10.8 Å². The third-order valence-electron chi connectivity index (χ3n) is 2.84. The molecule has 0 heterocycles. The lowest BCUT2D eigenvalue weighted by molar-refractivity contribution is -0.137. The normalized spacial score (nSPS) is 12.3. The molecule has 0 aliphatic rings. The number of para-hydroxylation sites is 1. The highest BCUT2D eigenvalue weighted by molar-refractivity contribution is 5.86. The van der Waals surface area contributed by atoms with Crippen LogP contribution in [0.3, 0.4) is 0 Å². The number of benzene rings is 2. The van der Waals surface area contributed by atoms with E-state index in [0.717, 1.165) is 17.8 Å². The van der Waals surface area contributed by atoms with Gasteiger partial charge in [0.05, 0.1) is 11.3 Å². The van der Waals surface area contributed by atoms with Gasteiger partial charge in [-0.1, -0.05) is 30.3 Å². The zero-order valence-corrected chi connectivity index (χ0v) is 11.1. The van der Waals surface area contributed by atoms with Gasteiger partial charge in [0.1, 0.15) is 5.84 Å². The van der Waals surface area contributed by atoms with Crippen molar-refractivity contribution >= 4 is 11.5 Å². The predicted molar refractivity (Wildman–Crippen MR) is 76.0 cm³/mol. The molecule has 0 unspecified atom stereocenters. The van der Waals surface area contributed by atoms with E-state index in [1.807, 2.05) is 30.3 Å². The Morgan fingerprint density at radius 2 is 1.62 bits per heavy atom. The average Bonchev–Trinajstić information content (AvgIpc) is 2.47. The highest BCUT2D eigenvalue weighted by atomic mass is 19.4. The van der Waals surface area contributed by atoms with Crippen LogP contribution in [0.25, 0.3) is 0 Å². The van der Waals surface area contributed by atoms with Crippen molar-refractivity contribution < 1.29 is 13.2 Å². The molecule has 6 heteroatoms. The van der Waals surface area contributed by atoms with E-state index >= 15 is 0 Å². The Morgan fingerprint density at radius 3 is 2.14 bits per heavy atom. The first kappa shape index (κ1) is 15.1. The molecule has 2 aromatic rings. The van der Waals surface area contributed by atoms with Crippen molar-refractivity contribution in [3.63, 3.8) is 0 Å². The molecule has 110 valence electrons. The molecule has 0 radical (unpaired) electrons. The van der Waals surface area contributed by atoms with Gasteiger partial charge in [-0.3, -0.25) is 0 Å². The SMILES string of the molecule is NNC(Cc1ccc(C(F)(F)F)cc1)=Nc1ccccc1. The van der Waals surface area contributed by atoms with E-state index in [1.54, 1.807) is 0 Å². The lowest BCUT2D eigenvalue weighted by atomic mass is 10.1. The van der Waals surface area contributed by atoms with Gasteiger partial charge in [-0.2, -0.15) is 13.2 Å². The van der Waals surface area contributed by atoms with Gasteiger partial charge in [-0.05, 0) is 29.8 Å². The molecule has 0 aromatic heterocycles. The summed E-state index contributed by atoms with van der Waals surface area (Å²) >= 11 is 0. The number of alkyl halides is 3. The Kier molecular flexibility index (Phi) is 4.59. The molecule has 21 heavy (non-hydrogen) atoms. The number of amidine groups is 1. The van der Waals surface area contributed by atoms with Crippen LogP contribution in [0.5, 0.6) is 0 Å². The summed E-state index contributed by atoms with van der Waals surface area (Å²) in [6, 6.07) is 14.1. The third-order valence-corrected chi connectivity index (χ3v) is 2.84. The zero-order chi connectivity index (χ0) is 15.3. The zero-order valence-electron chi connectivity index (χ0n) is 11.1. The molecule has 0 saturated heterocycles. The van der Waals surface area contributed by atoms with E-state index in [9.17, 15) is 13.2 Å². The first-order valence-electron chi connectivity index (χ1n) is 6.24. The third kappa shape index (κ3) is 4.32. The molecule has 0 aliphatic carbocycles. The van der Waals surface area contributed by atoms with E-state index < -0.39 is 11.7 Å². The first-order chi connectivity index (χ1) is 9.99. The summed E-state index contributed by atoms with van der Waals surface area (Å²) in [6.07, 6.45) is -4.00. The minimum Gasteiger partial charge on any atom is -0.312 e. The summed E-state index contributed by atoms with van der Waals surface area (Å²) in [5, 5.41) is 0. The van der Waals surface area contributed by atoms with Gasteiger partial charge in [0.25, 0.3) is 0 Å². The Balaban J connectivity index is 2.14. The maximum absolute atomic E-state index is 12.5. The molecule has 0 spiro atoms. The van der Waals surface area contributed by atoms with E-state index in [2.05, 4.69) is 10.4 Å². The fourth-order valence-electron chi connectivity index (χ4n) is 1.79. The van der Waals surface area contributed by atoms with Crippen LogP contribution in [0.1, 0.15) is 11.1 Å². The minimum atomic E-state index is -4.33. The lowest BCUT2D eigenvalue weighted by Gasteiger charge is -2.09. The van der Waals surface area contributed by atoms with E-state index in [-0.39, 0.29) is 0 Å². The van der Waals surface area contributed by atoms with Crippen LogP contribution in [-0.2, 0) is 12.6 Å². The maximum atomic E-state index is 12.5. The van der Waals surface area contributed by atoms with E-state index in [1.165, 1.54) is 12.1 Å². The largest absolute Gasteiger partial charge is 0.416 e. The predicted octanol–water partition coefficient (Wildman–Crippen LogP) is 3.44. The molecule has 0 amide bonds. The van der Waals surface area contributed by atoms with Crippen LogP contribution in [0.15, 0.2) is 59.6 Å². The van der Waals surface area contributed by atoms with Gasteiger partial charge < -0.3 is 5.43 Å². The summed E-state index contributed by atoms with van der Waals surface area (Å²) in [7, 11) is 0. The molecule has 2 rings (SSSR count). The van der Waals surface area contributed by atoms with Gasteiger partial charge in [0.15, 0.2) is 0 Å². The van der Waals surface area contributed by atoms with Crippen LogP contribution < -0.4 is 11.3 Å². The number of hydrogen-bond acceptors (Lipinski definition) is 2. The molecule has 0 fully saturated rings. The Bertz CT molecular complexity index is 604. The second kappa shape index (κ2) is 6.41. The smallest absolute Gasteiger partial charge is 0.312 e. The highest BCUT2D eigenvalue weighted by Crippen LogP contribution is 2.29. The minimum absolute atomic E-state index is 0.323. The number of halogens is 3. The molecule has 0 aliphatic heterocycles. The Labute approximate surface area is 120 Å². The second-order valence-electron chi connectivity index (χ2n) is 4.41.